The lowest BCUT2D eigenvalue weighted by Gasteiger charge is -2.18. The Morgan fingerprint density at radius 2 is 1.86 bits per heavy atom. The van der Waals surface area contributed by atoms with Gasteiger partial charge in [-0.15, -0.1) is 10.2 Å². The summed E-state index contributed by atoms with van der Waals surface area (Å²) in [6, 6.07) is 24.6. The van der Waals surface area contributed by atoms with Crippen molar-refractivity contribution < 1.29 is 9.66 Å². The van der Waals surface area contributed by atoms with Gasteiger partial charge in [0.05, 0.1) is 11.6 Å². The molecule has 0 fully saturated rings. The number of hydrogen-bond acceptors (Lipinski definition) is 7. The lowest BCUT2D eigenvalue weighted by molar-refractivity contribution is -0.479. The summed E-state index contributed by atoms with van der Waals surface area (Å²) in [7, 11) is 0. The van der Waals surface area contributed by atoms with Gasteiger partial charge in [0.1, 0.15) is 23.4 Å². The molecule has 0 aliphatic carbocycles. The molecule has 1 aromatic heterocycles. The van der Waals surface area contributed by atoms with E-state index < -0.39 is 5.25 Å². The highest BCUT2D eigenvalue weighted by Gasteiger charge is 2.26. The summed E-state index contributed by atoms with van der Waals surface area (Å²) in [6.45, 7) is 3.71. The number of hydrogen-bond donors (Lipinski definition) is 0. The van der Waals surface area contributed by atoms with Crippen LogP contribution in [-0.2, 0) is 6.61 Å². The SMILES string of the molecule is Cc1cccc(-n2c(C)nnc2S[C@H](C[N+](=O)[O-])c2ccccc2OCc2ccccc2C#N)c1. The van der Waals surface area contributed by atoms with Crippen LogP contribution in [0.15, 0.2) is 78.0 Å². The summed E-state index contributed by atoms with van der Waals surface area (Å²) >= 11 is 1.28. The lowest BCUT2D eigenvalue weighted by atomic mass is 10.1. The van der Waals surface area contributed by atoms with Crippen LogP contribution in [0.2, 0.25) is 0 Å². The number of nitro groups is 1. The highest BCUT2D eigenvalue weighted by atomic mass is 32.2. The predicted molar refractivity (Wildman–Crippen MR) is 133 cm³/mol. The number of nitriles is 1. The van der Waals surface area contributed by atoms with Crippen LogP contribution in [-0.4, -0.2) is 26.2 Å². The third kappa shape index (κ3) is 5.67. The largest absolute Gasteiger partial charge is 0.489 e. The first-order valence-corrected chi connectivity index (χ1v) is 11.8. The Bertz CT molecular complexity index is 1400. The first kappa shape index (κ1) is 24.0. The maximum absolute atomic E-state index is 11.6. The number of nitrogens with zero attached hydrogens (tertiary/aromatic N) is 5. The van der Waals surface area contributed by atoms with Gasteiger partial charge in [-0.05, 0) is 43.7 Å². The van der Waals surface area contributed by atoms with Crippen molar-refractivity contribution in [2.75, 3.05) is 6.54 Å². The van der Waals surface area contributed by atoms with E-state index in [1.165, 1.54) is 11.8 Å². The molecule has 3 aromatic carbocycles. The molecule has 0 spiro atoms. The molecule has 4 rings (SSSR count). The zero-order chi connectivity index (χ0) is 24.8. The number of aromatic nitrogens is 3. The molecular formula is C26H23N5O3S. The van der Waals surface area contributed by atoms with E-state index in [1.54, 1.807) is 18.2 Å². The predicted octanol–water partition coefficient (Wildman–Crippen LogP) is 5.44. The fourth-order valence-corrected chi connectivity index (χ4v) is 4.94. The van der Waals surface area contributed by atoms with E-state index in [0.29, 0.717) is 27.9 Å². The van der Waals surface area contributed by atoms with Crippen LogP contribution in [0, 0.1) is 35.3 Å². The average molecular weight is 486 g/mol. The molecule has 0 aliphatic heterocycles. The number of para-hydroxylation sites is 1. The third-order valence-electron chi connectivity index (χ3n) is 5.40. The molecule has 4 aromatic rings. The van der Waals surface area contributed by atoms with Crippen LogP contribution in [0.25, 0.3) is 5.69 Å². The van der Waals surface area contributed by atoms with Gasteiger partial charge in [-0.2, -0.15) is 5.26 Å². The van der Waals surface area contributed by atoms with Gasteiger partial charge < -0.3 is 4.74 Å². The van der Waals surface area contributed by atoms with Crippen LogP contribution in [0.3, 0.4) is 0 Å². The second kappa shape index (κ2) is 10.8. The smallest absolute Gasteiger partial charge is 0.220 e. The van der Waals surface area contributed by atoms with Crippen molar-refractivity contribution in [2.24, 2.45) is 0 Å². The molecule has 0 radical (unpaired) electrons. The van der Waals surface area contributed by atoms with Crippen LogP contribution < -0.4 is 4.74 Å². The standard InChI is InChI=1S/C26H23N5O3S/c1-18-8-7-11-22(14-18)31-19(2)28-29-26(31)35-25(16-30(32)33)23-12-5-6-13-24(23)34-17-21-10-4-3-9-20(21)15-27/h3-14,25H,16-17H2,1-2H3/t25-/m1/s1. The van der Waals surface area contributed by atoms with Crippen molar-refractivity contribution in [3.05, 3.63) is 111 Å². The van der Waals surface area contributed by atoms with E-state index in [9.17, 15) is 15.4 Å². The second-order valence-corrected chi connectivity index (χ2v) is 9.09. The fraction of sp³-hybridized carbons (Fsp3) is 0.192. The molecule has 0 aliphatic rings. The molecule has 0 N–H and O–H groups in total. The van der Waals surface area contributed by atoms with E-state index in [4.69, 9.17) is 4.74 Å². The monoisotopic (exact) mass is 485 g/mol. The second-order valence-electron chi connectivity index (χ2n) is 7.92. The number of benzene rings is 3. The Labute approximate surface area is 207 Å². The van der Waals surface area contributed by atoms with Gasteiger partial charge in [-0.25, -0.2) is 0 Å². The van der Waals surface area contributed by atoms with Crippen molar-refractivity contribution in [3.8, 4) is 17.5 Å². The molecule has 176 valence electrons. The quantitative estimate of drug-likeness (QED) is 0.176. The van der Waals surface area contributed by atoms with E-state index in [-0.39, 0.29) is 18.1 Å². The van der Waals surface area contributed by atoms with E-state index in [2.05, 4.69) is 16.3 Å². The minimum Gasteiger partial charge on any atom is -0.489 e. The summed E-state index contributed by atoms with van der Waals surface area (Å²) in [4.78, 5) is 11.3. The maximum Gasteiger partial charge on any atom is 0.220 e. The van der Waals surface area contributed by atoms with Gasteiger partial charge in [0.2, 0.25) is 6.54 Å². The molecule has 1 heterocycles. The zero-order valence-electron chi connectivity index (χ0n) is 19.3. The van der Waals surface area contributed by atoms with Crippen molar-refractivity contribution >= 4 is 11.8 Å². The van der Waals surface area contributed by atoms with Gasteiger partial charge >= 0.3 is 0 Å². The Morgan fingerprint density at radius 1 is 1.09 bits per heavy atom. The Morgan fingerprint density at radius 3 is 2.63 bits per heavy atom. The summed E-state index contributed by atoms with van der Waals surface area (Å²) in [5, 5.41) is 29.5. The minimum atomic E-state index is -0.570. The third-order valence-corrected chi connectivity index (χ3v) is 6.57. The van der Waals surface area contributed by atoms with Gasteiger partial charge in [0, 0.05) is 21.7 Å². The number of rotatable bonds is 9. The van der Waals surface area contributed by atoms with Gasteiger partial charge in [-0.1, -0.05) is 60.3 Å². The average Bonchev–Trinajstić information content (AvgIpc) is 3.22. The molecule has 35 heavy (non-hydrogen) atoms. The summed E-state index contributed by atoms with van der Waals surface area (Å²) in [6.07, 6.45) is 0. The maximum atomic E-state index is 11.6. The molecule has 0 saturated carbocycles. The highest BCUT2D eigenvalue weighted by Crippen LogP contribution is 2.40. The molecule has 1 atom stereocenters. The molecule has 0 unspecified atom stereocenters. The topological polar surface area (TPSA) is 107 Å². The number of thioether (sulfide) groups is 1. The Balaban J connectivity index is 1.66. The summed E-state index contributed by atoms with van der Waals surface area (Å²) in [5.41, 5.74) is 3.94. The fourth-order valence-electron chi connectivity index (χ4n) is 3.73. The van der Waals surface area contributed by atoms with Crippen LogP contribution in [0.4, 0.5) is 0 Å². The lowest BCUT2D eigenvalue weighted by Crippen LogP contribution is -2.12. The van der Waals surface area contributed by atoms with E-state index >= 15 is 0 Å². The van der Waals surface area contributed by atoms with Gasteiger partial charge in [-0.3, -0.25) is 14.7 Å². The van der Waals surface area contributed by atoms with Crippen molar-refractivity contribution in [1.82, 2.24) is 14.8 Å². The summed E-state index contributed by atoms with van der Waals surface area (Å²) < 4.78 is 7.97. The summed E-state index contributed by atoms with van der Waals surface area (Å²) in [5.74, 6) is 1.22. The molecule has 0 amide bonds. The molecule has 0 bridgehead atoms. The number of aryl methyl sites for hydroxylation is 2. The molecular weight excluding hydrogens is 462 g/mol. The molecule has 0 saturated heterocycles. The van der Waals surface area contributed by atoms with Crippen LogP contribution >= 0.6 is 11.8 Å². The van der Waals surface area contributed by atoms with Crippen LogP contribution in [0.1, 0.15) is 33.3 Å². The van der Waals surface area contributed by atoms with Crippen LogP contribution in [0.5, 0.6) is 5.75 Å². The Hall–Kier alpha value is -4.16. The Kier molecular flexibility index (Phi) is 7.43. The molecule has 8 nitrogen and oxygen atoms in total. The van der Waals surface area contributed by atoms with Gasteiger partial charge in [0.15, 0.2) is 5.16 Å². The normalized spacial score (nSPS) is 11.6. The minimum absolute atomic E-state index is 0.176. The first-order valence-electron chi connectivity index (χ1n) is 10.9. The van der Waals surface area contributed by atoms with E-state index in [1.807, 2.05) is 73.0 Å². The zero-order valence-corrected chi connectivity index (χ0v) is 20.1. The van der Waals surface area contributed by atoms with Crippen molar-refractivity contribution in [3.63, 3.8) is 0 Å². The first-order chi connectivity index (χ1) is 17.0. The van der Waals surface area contributed by atoms with Crippen molar-refractivity contribution in [2.45, 2.75) is 30.9 Å². The van der Waals surface area contributed by atoms with Gasteiger partial charge in [0.25, 0.3) is 0 Å². The molecule has 9 heteroatoms. The van der Waals surface area contributed by atoms with E-state index in [0.717, 1.165) is 16.8 Å². The van der Waals surface area contributed by atoms with Crippen molar-refractivity contribution in [1.29, 1.82) is 5.26 Å². The number of ether oxygens (including phenoxy) is 1. The highest BCUT2D eigenvalue weighted by molar-refractivity contribution is 7.99.